The lowest BCUT2D eigenvalue weighted by Gasteiger charge is -2.13. The van der Waals surface area contributed by atoms with Gasteiger partial charge in [0.05, 0.1) is 12.0 Å². The molecule has 0 saturated heterocycles. The van der Waals surface area contributed by atoms with Crippen LogP contribution in [0.1, 0.15) is 0 Å². The lowest BCUT2D eigenvalue weighted by molar-refractivity contribution is 0.399. The molecule has 3 N–H and O–H groups in total. The van der Waals surface area contributed by atoms with E-state index in [-0.39, 0.29) is 22.1 Å². The molecule has 0 aliphatic carbocycles. The first-order chi connectivity index (χ1) is 9.58. The van der Waals surface area contributed by atoms with Crippen LogP contribution in [0, 0.1) is 0 Å². The number of primary sulfonamides is 1. The second kappa shape index (κ2) is 6.71. The molecule has 1 aromatic carbocycles. The molecule has 0 amide bonds. The molecule has 10 heteroatoms. The summed E-state index contributed by atoms with van der Waals surface area (Å²) in [5.41, 5.74) is 0. The minimum absolute atomic E-state index is 0.0414. The van der Waals surface area contributed by atoms with E-state index in [2.05, 4.69) is 4.72 Å². The number of nitrogens with one attached hydrogen (secondary N) is 1. The van der Waals surface area contributed by atoms with Gasteiger partial charge < -0.3 is 9.64 Å². The summed E-state index contributed by atoms with van der Waals surface area (Å²) < 4.78 is 54.5. The van der Waals surface area contributed by atoms with E-state index in [1.165, 1.54) is 19.2 Å². The SMILES string of the molecule is COc1ccc(S(N)(=O)=O)cc1S(=O)(=O)NCCN(C)C. The van der Waals surface area contributed by atoms with Gasteiger partial charge in [-0.2, -0.15) is 0 Å². The maximum absolute atomic E-state index is 12.2. The summed E-state index contributed by atoms with van der Waals surface area (Å²) in [5, 5.41) is 5.01. The highest BCUT2D eigenvalue weighted by Crippen LogP contribution is 2.26. The van der Waals surface area contributed by atoms with Gasteiger partial charge in [-0.1, -0.05) is 0 Å². The average molecular weight is 337 g/mol. The van der Waals surface area contributed by atoms with Crippen LogP contribution in [0.3, 0.4) is 0 Å². The van der Waals surface area contributed by atoms with Gasteiger partial charge in [0.2, 0.25) is 20.0 Å². The first-order valence-corrected chi connectivity index (χ1v) is 8.96. The molecule has 1 aromatic rings. The molecular weight excluding hydrogens is 318 g/mol. The Morgan fingerprint density at radius 3 is 2.33 bits per heavy atom. The average Bonchev–Trinajstić information content (AvgIpc) is 2.36. The summed E-state index contributed by atoms with van der Waals surface area (Å²) in [4.78, 5) is 1.24. The number of nitrogens with two attached hydrogens (primary N) is 1. The van der Waals surface area contributed by atoms with E-state index in [9.17, 15) is 16.8 Å². The predicted octanol–water partition coefficient (Wildman–Crippen LogP) is -0.817. The fourth-order valence-corrected chi connectivity index (χ4v) is 3.35. The first kappa shape index (κ1) is 17.9. The first-order valence-electron chi connectivity index (χ1n) is 5.93. The molecule has 21 heavy (non-hydrogen) atoms. The molecule has 1 rings (SSSR count). The Balaban J connectivity index is 3.20. The highest BCUT2D eigenvalue weighted by Gasteiger charge is 2.22. The molecule has 0 spiro atoms. The highest BCUT2D eigenvalue weighted by atomic mass is 32.2. The molecule has 8 nitrogen and oxygen atoms in total. The Bertz CT molecular complexity index is 699. The van der Waals surface area contributed by atoms with Crippen LogP contribution in [0.2, 0.25) is 0 Å². The number of methoxy groups -OCH3 is 1. The van der Waals surface area contributed by atoms with E-state index < -0.39 is 20.0 Å². The molecule has 0 fully saturated rings. The maximum Gasteiger partial charge on any atom is 0.244 e. The van der Waals surface area contributed by atoms with E-state index in [0.717, 1.165) is 6.07 Å². The molecule has 0 aliphatic heterocycles. The van der Waals surface area contributed by atoms with Crippen molar-refractivity contribution in [1.82, 2.24) is 9.62 Å². The molecule has 0 bridgehead atoms. The van der Waals surface area contributed by atoms with E-state index in [0.29, 0.717) is 6.54 Å². The van der Waals surface area contributed by atoms with E-state index >= 15 is 0 Å². The zero-order valence-electron chi connectivity index (χ0n) is 12.0. The fourth-order valence-electron chi connectivity index (χ4n) is 1.53. The largest absolute Gasteiger partial charge is 0.495 e. The van der Waals surface area contributed by atoms with Crippen LogP contribution in [-0.2, 0) is 20.0 Å². The van der Waals surface area contributed by atoms with Crippen LogP contribution < -0.4 is 14.6 Å². The van der Waals surface area contributed by atoms with Crippen molar-refractivity contribution in [1.29, 1.82) is 0 Å². The van der Waals surface area contributed by atoms with Crippen LogP contribution in [0.15, 0.2) is 28.0 Å². The van der Waals surface area contributed by atoms with Crippen LogP contribution >= 0.6 is 0 Å². The molecule has 0 aromatic heterocycles. The van der Waals surface area contributed by atoms with Crippen molar-refractivity contribution in [3.8, 4) is 5.75 Å². The number of sulfonamides is 2. The third-order valence-corrected chi connectivity index (χ3v) is 5.00. The van der Waals surface area contributed by atoms with Crippen molar-refractivity contribution < 1.29 is 21.6 Å². The fraction of sp³-hybridized carbons (Fsp3) is 0.455. The molecule has 0 aliphatic rings. The monoisotopic (exact) mass is 337 g/mol. The van der Waals surface area contributed by atoms with Crippen molar-refractivity contribution in [3.63, 3.8) is 0 Å². The van der Waals surface area contributed by atoms with Crippen molar-refractivity contribution in [2.75, 3.05) is 34.3 Å². The van der Waals surface area contributed by atoms with Crippen molar-refractivity contribution in [2.45, 2.75) is 9.79 Å². The number of nitrogens with zero attached hydrogens (tertiary/aromatic N) is 1. The topological polar surface area (TPSA) is 119 Å². The second-order valence-corrected chi connectivity index (χ2v) is 7.86. The second-order valence-electron chi connectivity index (χ2n) is 4.56. The zero-order valence-corrected chi connectivity index (χ0v) is 13.7. The summed E-state index contributed by atoms with van der Waals surface area (Å²) in [6.45, 7) is 0.675. The summed E-state index contributed by atoms with van der Waals surface area (Å²) in [6, 6.07) is 3.42. The Labute approximate surface area is 125 Å². The minimum Gasteiger partial charge on any atom is -0.495 e. The maximum atomic E-state index is 12.2. The number of hydrogen-bond acceptors (Lipinski definition) is 6. The van der Waals surface area contributed by atoms with Gasteiger partial charge in [0.1, 0.15) is 10.6 Å². The quantitative estimate of drug-likeness (QED) is 0.671. The van der Waals surface area contributed by atoms with Crippen LogP contribution in [0.4, 0.5) is 0 Å². The van der Waals surface area contributed by atoms with E-state index in [1.54, 1.807) is 19.0 Å². The van der Waals surface area contributed by atoms with Gasteiger partial charge in [0, 0.05) is 13.1 Å². The number of rotatable bonds is 7. The Morgan fingerprint density at radius 2 is 1.86 bits per heavy atom. The normalized spacial score (nSPS) is 12.6. The minimum atomic E-state index is -4.00. The Kier molecular flexibility index (Phi) is 5.70. The van der Waals surface area contributed by atoms with Crippen LogP contribution in [-0.4, -0.2) is 56.0 Å². The molecular formula is C11H19N3O5S2. The van der Waals surface area contributed by atoms with Gasteiger partial charge >= 0.3 is 0 Å². The van der Waals surface area contributed by atoms with E-state index in [1.807, 2.05) is 0 Å². The number of likely N-dealkylation sites (N-methyl/N-ethyl adjacent to an activating group) is 1. The molecule has 0 heterocycles. The van der Waals surface area contributed by atoms with Crippen LogP contribution in [0.5, 0.6) is 5.75 Å². The van der Waals surface area contributed by atoms with Crippen LogP contribution in [0.25, 0.3) is 0 Å². The number of hydrogen-bond donors (Lipinski definition) is 2. The molecule has 0 saturated carbocycles. The molecule has 0 radical (unpaired) electrons. The Hall–Kier alpha value is -1.20. The third kappa shape index (κ3) is 4.93. The third-order valence-electron chi connectivity index (χ3n) is 2.60. The highest BCUT2D eigenvalue weighted by molar-refractivity contribution is 7.90. The van der Waals surface area contributed by atoms with Crippen molar-refractivity contribution >= 4 is 20.0 Å². The number of benzene rings is 1. The lowest BCUT2D eigenvalue weighted by atomic mass is 10.3. The van der Waals surface area contributed by atoms with Crippen molar-refractivity contribution in [2.24, 2.45) is 5.14 Å². The van der Waals surface area contributed by atoms with Gasteiger partial charge in [-0.05, 0) is 32.3 Å². The summed E-state index contributed by atoms with van der Waals surface area (Å²) >= 11 is 0. The van der Waals surface area contributed by atoms with Crippen molar-refractivity contribution in [3.05, 3.63) is 18.2 Å². The zero-order chi connectivity index (χ0) is 16.3. The number of ether oxygens (including phenoxy) is 1. The molecule has 0 atom stereocenters. The Morgan fingerprint density at radius 1 is 1.24 bits per heavy atom. The summed E-state index contributed by atoms with van der Waals surface area (Å²) in [7, 11) is -3.00. The van der Waals surface area contributed by atoms with Gasteiger partial charge in [-0.25, -0.2) is 26.7 Å². The van der Waals surface area contributed by atoms with Gasteiger partial charge in [0.25, 0.3) is 0 Å². The summed E-state index contributed by atoms with van der Waals surface area (Å²) in [6.07, 6.45) is 0. The molecule has 120 valence electrons. The van der Waals surface area contributed by atoms with Gasteiger partial charge in [0.15, 0.2) is 0 Å². The van der Waals surface area contributed by atoms with Gasteiger partial charge in [-0.15, -0.1) is 0 Å². The van der Waals surface area contributed by atoms with Gasteiger partial charge in [-0.3, -0.25) is 0 Å². The summed E-state index contributed by atoms with van der Waals surface area (Å²) in [5.74, 6) is 0.0414. The predicted molar refractivity (Wildman–Crippen MR) is 78.1 cm³/mol. The lowest BCUT2D eigenvalue weighted by Crippen LogP contribution is -2.31. The molecule has 0 unspecified atom stereocenters. The smallest absolute Gasteiger partial charge is 0.244 e. The van der Waals surface area contributed by atoms with E-state index in [4.69, 9.17) is 9.88 Å². The standard InChI is InChI=1S/C11H19N3O5S2/c1-14(2)7-6-13-21(17,18)11-8-9(20(12,15)16)4-5-10(11)19-3/h4-5,8,13H,6-7H2,1-3H3,(H2,12,15,16).